The average Bonchev–Trinajstić information content (AvgIpc) is 3.30. The molecule has 30 heavy (non-hydrogen) atoms. The molecule has 0 saturated carbocycles. The summed E-state index contributed by atoms with van der Waals surface area (Å²) in [4.78, 5) is 30.7. The van der Waals surface area contributed by atoms with Gasteiger partial charge >= 0.3 is 29.6 Å². The van der Waals surface area contributed by atoms with Crippen LogP contribution in [0, 0.1) is 6.07 Å². The second-order valence-corrected chi connectivity index (χ2v) is 7.59. The van der Waals surface area contributed by atoms with Crippen molar-refractivity contribution >= 4 is 51.9 Å². The van der Waals surface area contributed by atoms with Crippen LogP contribution in [0.3, 0.4) is 0 Å². The molecule has 2 aromatic carbocycles. The molecule has 0 radical (unpaired) electrons. The summed E-state index contributed by atoms with van der Waals surface area (Å²) in [6, 6.07) is 20.2. The van der Waals surface area contributed by atoms with E-state index in [1.807, 2.05) is 47.8 Å². The molecule has 1 aromatic heterocycles. The minimum Gasteiger partial charge on any atom is -0.481 e. The zero-order valence-corrected chi connectivity index (χ0v) is 20.0. The molecular formula is C21H16N3NaO3S2. The molecule has 0 unspecified atom stereocenters. The zero-order valence-electron chi connectivity index (χ0n) is 16.3. The number of carboxylic acid groups (broad SMARTS) is 1. The molecule has 0 spiro atoms. The third-order valence-corrected chi connectivity index (χ3v) is 5.22. The van der Waals surface area contributed by atoms with Crippen LogP contribution in [-0.4, -0.2) is 27.1 Å². The number of aliphatic carboxylic acids is 1. The van der Waals surface area contributed by atoms with Crippen LogP contribution < -0.4 is 34.9 Å². The van der Waals surface area contributed by atoms with Crippen molar-refractivity contribution in [1.29, 1.82) is 0 Å². The molecule has 1 amide bonds. The third kappa shape index (κ3) is 7.23. The van der Waals surface area contributed by atoms with E-state index in [1.165, 1.54) is 11.8 Å². The van der Waals surface area contributed by atoms with Gasteiger partial charge in [0.05, 0.1) is 10.6 Å². The number of nitrogens with one attached hydrogen (secondary N) is 1. The third-order valence-electron chi connectivity index (χ3n) is 3.40. The van der Waals surface area contributed by atoms with Crippen LogP contribution in [-0.2, 0) is 9.59 Å². The molecule has 0 aliphatic carbocycles. The molecule has 1 aliphatic rings. The van der Waals surface area contributed by atoms with Gasteiger partial charge in [0.25, 0.3) is 11.9 Å². The van der Waals surface area contributed by atoms with Crippen molar-refractivity contribution in [3.63, 3.8) is 0 Å². The molecule has 0 bridgehead atoms. The first-order chi connectivity index (χ1) is 14.0. The van der Waals surface area contributed by atoms with Gasteiger partial charge in [-0.3, -0.25) is 14.6 Å². The summed E-state index contributed by atoms with van der Waals surface area (Å²) in [7, 11) is 0. The van der Waals surface area contributed by atoms with Crippen molar-refractivity contribution in [3.05, 3.63) is 76.6 Å². The maximum atomic E-state index is 12.1. The van der Waals surface area contributed by atoms with Gasteiger partial charge < -0.3 is 10.4 Å². The molecule has 1 fully saturated rings. The second kappa shape index (κ2) is 11.8. The fourth-order valence-corrected chi connectivity index (χ4v) is 3.86. The Bertz CT molecular complexity index is 1060. The smallest absolute Gasteiger partial charge is 0.481 e. The zero-order chi connectivity index (χ0) is 20.6. The minimum absolute atomic E-state index is 0. The Balaban J connectivity index is 0.000000591. The maximum absolute atomic E-state index is 12.1. The van der Waals surface area contributed by atoms with Crippen molar-refractivity contribution < 1.29 is 44.3 Å². The largest absolute Gasteiger partial charge is 1.00 e. The van der Waals surface area contributed by atoms with Crippen molar-refractivity contribution in [2.75, 3.05) is 0 Å². The van der Waals surface area contributed by atoms with Crippen molar-refractivity contribution in [2.24, 2.45) is 4.99 Å². The van der Waals surface area contributed by atoms with E-state index in [0.29, 0.717) is 10.1 Å². The maximum Gasteiger partial charge on any atom is 1.00 e. The Hall–Kier alpha value is -2.23. The van der Waals surface area contributed by atoms with E-state index in [2.05, 4.69) is 21.4 Å². The van der Waals surface area contributed by atoms with E-state index < -0.39 is 5.97 Å². The number of aliphatic imine (C=N–C) groups is 1. The Labute approximate surface area is 204 Å². The SMILES string of the molecule is CC(=O)O.O=C1NC(=Nc2cc[c-]cc2)S/C1=C/c1csc(-c2ccccc2)n1.[Na+]. The van der Waals surface area contributed by atoms with E-state index in [1.54, 1.807) is 29.5 Å². The molecular weight excluding hydrogens is 429 g/mol. The van der Waals surface area contributed by atoms with Crippen LogP contribution in [0.15, 0.2) is 69.9 Å². The number of carbonyl (C=O) groups excluding carboxylic acids is 1. The Morgan fingerprint density at radius 3 is 2.53 bits per heavy atom. The summed E-state index contributed by atoms with van der Waals surface area (Å²) in [6.45, 7) is 1.08. The molecule has 9 heteroatoms. The van der Waals surface area contributed by atoms with E-state index in [-0.39, 0.29) is 35.5 Å². The number of thioether (sulfide) groups is 1. The molecule has 146 valence electrons. The molecule has 4 rings (SSSR count). The van der Waals surface area contributed by atoms with Crippen LogP contribution in [0.1, 0.15) is 12.6 Å². The van der Waals surface area contributed by atoms with Gasteiger partial charge in [0, 0.05) is 17.9 Å². The van der Waals surface area contributed by atoms with Crippen molar-refractivity contribution in [1.82, 2.24) is 10.3 Å². The van der Waals surface area contributed by atoms with E-state index in [9.17, 15) is 4.79 Å². The number of amidine groups is 1. The quantitative estimate of drug-likeness (QED) is 0.363. The van der Waals surface area contributed by atoms with Crippen LogP contribution in [0.25, 0.3) is 16.6 Å². The van der Waals surface area contributed by atoms with Crippen molar-refractivity contribution in [2.45, 2.75) is 6.92 Å². The number of rotatable bonds is 3. The molecule has 2 N–H and O–H groups in total. The number of hydrogen-bond donors (Lipinski definition) is 2. The second-order valence-electron chi connectivity index (χ2n) is 5.70. The Morgan fingerprint density at radius 2 is 1.87 bits per heavy atom. The fraction of sp³-hybridized carbons (Fsp3) is 0.0476. The summed E-state index contributed by atoms with van der Waals surface area (Å²) in [5.41, 5.74) is 2.63. The number of thiazole rings is 1. The first-order valence-corrected chi connectivity index (χ1v) is 10.2. The first kappa shape index (κ1) is 24.0. The van der Waals surface area contributed by atoms with Gasteiger partial charge in [0.2, 0.25) is 0 Å². The average molecular weight is 446 g/mol. The minimum atomic E-state index is -0.833. The molecule has 0 atom stereocenters. The Kier molecular flexibility index (Phi) is 9.48. The van der Waals surface area contributed by atoms with Crippen LogP contribution in [0.2, 0.25) is 0 Å². The number of hydrogen-bond acceptors (Lipinski definition) is 6. The van der Waals surface area contributed by atoms with Gasteiger partial charge in [-0.15, -0.1) is 23.5 Å². The molecule has 6 nitrogen and oxygen atoms in total. The number of carbonyl (C=O) groups is 2. The van der Waals surface area contributed by atoms with Gasteiger partial charge in [-0.05, 0) is 23.5 Å². The summed E-state index contributed by atoms with van der Waals surface area (Å²) in [6.07, 6.45) is 1.80. The monoisotopic (exact) mass is 445 g/mol. The number of nitrogens with zero attached hydrogens (tertiary/aromatic N) is 2. The summed E-state index contributed by atoms with van der Waals surface area (Å²) < 4.78 is 0. The van der Waals surface area contributed by atoms with E-state index in [0.717, 1.165) is 28.9 Å². The fourth-order valence-electron chi connectivity index (χ4n) is 2.25. The number of aromatic nitrogens is 1. The number of carboxylic acids is 1. The molecule has 1 aliphatic heterocycles. The predicted molar refractivity (Wildman–Crippen MR) is 117 cm³/mol. The van der Waals surface area contributed by atoms with Gasteiger partial charge in [-0.1, -0.05) is 30.3 Å². The predicted octanol–water partition coefficient (Wildman–Crippen LogP) is 1.60. The first-order valence-electron chi connectivity index (χ1n) is 8.47. The van der Waals surface area contributed by atoms with Crippen LogP contribution >= 0.6 is 23.1 Å². The number of amides is 1. The summed E-state index contributed by atoms with van der Waals surface area (Å²) in [5.74, 6) is -0.986. The standard InChI is InChI=1S/C19H12N3OS2.C2H4O2.Na/c23-17-16(25-19(22-17)21-14-9-5-2-6-10-14)11-15-12-24-18(20-15)13-7-3-1-4-8-13;1-2(3)4;/h1,3-12H,(H,21,22,23);1H3,(H,3,4);/q-1;;+1/b16-11+;;. The Morgan fingerprint density at radius 1 is 1.20 bits per heavy atom. The summed E-state index contributed by atoms with van der Waals surface area (Å²) >= 11 is 2.88. The summed E-state index contributed by atoms with van der Waals surface area (Å²) in [5, 5.41) is 13.7. The number of benzene rings is 2. The van der Waals surface area contributed by atoms with E-state index >= 15 is 0 Å². The van der Waals surface area contributed by atoms with Crippen LogP contribution in [0.4, 0.5) is 5.69 Å². The van der Waals surface area contributed by atoms with Gasteiger partial charge in [0.15, 0.2) is 5.17 Å². The molecule has 1 saturated heterocycles. The van der Waals surface area contributed by atoms with Crippen molar-refractivity contribution in [3.8, 4) is 10.6 Å². The normalized spacial score (nSPS) is 15.2. The van der Waals surface area contributed by atoms with Crippen LogP contribution in [0.5, 0.6) is 0 Å². The van der Waals surface area contributed by atoms with Gasteiger partial charge in [0.1, 0.15) is 5.01 Å². The van der Waals surface area contributed by atoms with Gasteiger partial charge in [-0.25, -0.2) is 4.98 Å². The van der Waals surface area contributed by atoms with E-state index in [4.69, 9.17) is 9.90 Å². The molecule has 3 aromatic rings. The van der Waals surface area contributed by atoms with Gasteiger partial charge in [-0.2, -0.15) is 18.2 Å². The molecule has 2 heterocycles. The topological polar surface area (TPSA) is 91.6 Å².